The van der Waals surface area contributed by atoms with Crippen LogP contribution in [0.2, 0.25) is 5.02 Å². The lowest BCUT2D eigenvalue weighted by atomic mass is 9.79. The van der Waals surface area contributed by atoms with Crippen molar-refractivity contribution in [2.45, 2.75) is 50.7 Å². The first kappa shape index (κ1) is 23.2. The zero-order valence-electron chi connectivity index (χ0n) is 18.3. The maximum absolute atomic E-state index is 12.1. The van der Waals surface area contributed by atoms with E-state index in [4.69, 9.17) is 21.1 Å². The van der Waals surface area contributed by atoms with Gasteiger partial charge in [0.25, 0.3) is 0 Å². The van der Waals surface area contributed by atoms with Crippen LogP contribution in [-0.2, 0) is 15.1 Å². The van der Waals surface area contributed by atoms with Gasteiger partial charge in [-0.3, -0.25) is 0 Å². The van der Waals surface area contributed by atoms with Crippen molar-refractivity contribution in [3.05, 3.63) is 58.6 Å². The highest BCUT2D eigenvalue weighted by molar-refractivity contribution is 6.33. The topological polar surface area (TPSA) is 50.7 Å². The molecule has 1 saturated heterocycles. The Labute approximate surface area is 185 Å². The number of nitrogens with one attached hydrogen (secondary N) is 1. The molecule has 0 aromatic heterocycles. The summed E-state index contributed by atoms with van der Waals surface area (Å²) in [5.74, 6) is 0.412. The molecule has 0 unspecified atom stereocenters. The average Bonchev–Trinajstić information content (AvgIpc) is 2.77. The maximum atomic E-state index is 12.1. The Kier molecular flexibility index (Phi) is 8.32. The third-order valence-electron chi connectivity index (χ3n) is 5.94. The third kappa shape index (κ3) is 5.24. The van der Waals surface area contributed by atoms with Crippen molar-refractivity contribution < 1.29 is 14.6 Å². The number of benzene rings is 2. The normalized spacial score (nSPS) is 19.1. The number of hydrogen-bond acceptors (Lipinski definition) is 4. The van der Waals surface area contributed by atoms with Crippen LogP contribution in [0.3, 0.4) is 0 Å². The molecule has 0 aliphatic carbocycles. The number of ether oxygens (including phenoxy) is 2. The van der Waals surface area contributed by atoms with Crippen LogP contribution >= 0.6 is 11.6 Å². The fraction of sp³-hybridized carbons (Fsp3) is 0.520. The molecular weight excluding hydrogens is 398 g/mol. The van der Waals surface area contributed by atoms with Crippen LogP contribution in [0, 0.1) is 0 Å². The first-order chi connectivity index (χ1) is 14.5. The van der Waals surface area contributed by atoms with Crippen molar-refractivity contribution in [2.24, 2.45) is 0 Å². The van der Waals surface area contributed by atoms with Gasteiger partial charge in [0.2, 0.25) is 0 Å². The molecule has 2 aromatic rings. The highest BCUT2D eigenvalue weighted by atomic mass is 35.5. The van der Waals surface area contributed by atoms with E-state index in [1.165, 1.54) is 5.56 Å². The van der Waals surface area contributed by atoms with E-state index in [0.717, 1.165) is 36.1 Å². The number of hydrogen-bond donors (Lipinski definition) is 2. The van der Waals surface area contributed by atoms with E-state index >= 15 is 0 Å². The van der Waals surface area contributed by atoms with E-state index in [1.54, 1.807) is 7.11 Å². The molecule has 30 heavy (non-hydrogen) atoms. The number of methoxy groups -OCH3 is 1. The fourth-order valence-electron chi connectivity index (χ4n) is 4.21. The van der Waals surface area contributed by atoms with Gasteiger partial charge in [0, 0.05) is 37.4 Å². The van der Waals surface area contributed by atoms with Crippen molar-refractivity contribution in [2.75, 3.05) is 33.4 Å². The zero-order chi connectivity index (χ0) is 21.6. The fourth-order valence-corrected chi connectivity index (χ4v) is 4.50. The molecule has 1 fully saturated rings. The van der Waals surface area contributed by atoms with Gasteiger partial charge in [-0.1, -0.05) is 61.8 Å². The van der Waals surface area contributed by atoms with Crippen LogP contribution in [0.5, 0.6) is 0 Å². The van der Waals surface area contributed by atoms with E-state index in [0.29, 0.717) is 37.1 Å². The van der Waals surface area contributed by atoms with Crippen molar-refractivity contribution in [1.29, 1.82) is 0 Å². The second kappa shape index (κ2) is 10.7. The van der Waals surface area contributed by atoms with Crippen LogP contribution in [0.15, 0.2) is 42.5 Å². The minimum atomic E-state index is -1.14. The first-order valence-corrected chi connectivity index (χ1v) is 11.3. The van der Waals surface area contributed by atoms with Gasteiger partial charge in [-0.2, -0.15) is 0 Å². The molecule has 3 rings (SSSR count). The van der Waals surface area contributed by atoms with Gasteiger partial charge in [-0.05, 0) is 47.9 Å². The first-order valence-electron chi connectivity index (χ1n) is 10.9. The molecule has 1 aliphatic rings. The lowest BCUT2D eigenvalue weighted by Crippen LogP contribution is -2.51. The molecule has 2 atom stereocenters. The molecule has 5 heteroatoms. The molecule has 2 N–H and O–H groups in total. The Bertz CT molecular complexity index is 820. The van der Waals surface area contributed by atoms with Gasteiger partial charge in [0.05, 0.1) is 6.61 Å². The summed E-state index contributed by atoms with van der Waals surface area (Å²) in [6.07, 6.45) is 1.97. The summed E-state index contributed by atoms with van der Waals surface area (Å²) in [4.78, 5) is 0. The summed E-state index contributed by atoms with van der Waals surface area (Å²) >= 11 is 6.74. The number of aliphatic hydroxyl groups is 1. The van der Waals surface area contributed by atoms with Gasteiger partial charge in [-0.25, -0.2) is 0 Å². The van der Waals surface area contributed by atoms with Crippen LogP contribution in [0.1, 0.15) is 50.2 Å². The molecule has 0 radical (unpaired) electrons. The average molecular weight is 432 g/mol. The van der Waals surface area contributed by atoms with Crippen molar-refractivity contribution in [3.8, 4) is 11.1 Å². The van der Waals surface area contributed by atoms with Gasteiger partial charge in [0.15, 0.2) is 0 Å². The smallest absolute Gasteiger partial charge is 0.118 e. The number of rotatable bonds is 9. The van der Waals surface area contributed by atoms with Crippen molar-refractivity contribution in [1.82, 2.24) is 5.32 Å². The molecular formula is C25H34ClNO3. The number of unbranched alkanes of at least 4 members (excludes halogenated alkanes) is 1. The van der Waals surface area contributed by atoms with E-state index in [2.05, 4.69) is 43.4 Å². The monoisotopic (exact) mass is 431 g/mol. The Morgan fingerprint density at radius 3 is 2.73 bits per heavy atom. The molecule has 2 aromatic carbocycles. The standard InChI is InChI=1S/C25H34ClNO3/c1-18(2)19-8-6-9-20(16-19)24-21(10-7-11-22(24)26)25(28,12-4-5-14-29-3)23-17-27-13-15-30-23/h6-11,16,18,23,27-28H,4-5,12-15,17H2,1-3H3/t23-,25-/m1/s1. The third-order valence-corrected chi connectivity index (χ3v) is 6.25. The summed E-state index contributed by atoms with van der Waals surface area (Å²) in [6, 6.07) is 14.3. The molecule has 4 nitrogen and oxygen atoms in total. The molecule has 0 bridgehead atoms. The second-order valence-corrected chi connectivity index (χ2v) is 8.79. The molecule has 0 saturated carbocycles. The predicted octanol–water partition coefficient (Wildman–Crippen LogP) is 5.12. The Morgan fingerprint density at radius 1 is 1.23 bits per heavy atom. The highest BCUT2D eigenvalue weighted by Crippen LogP contribution is 2.42. The number of halogens is 1. The van der Waals surface area contributed by atoms with Crippen molar-refractivity contribution in [3.63, 3.8) is 0 Å². The van der Waals surface area contributed by atoms with Crippen LogP contribution < -0.4 is 5.32 Å². The van der Waals surface area contributed by atoms with Crippen LogP contribution in [-0.4, -0.2) is 44.6 Å². The Hall–Kier alpha value is -1.43. The summed E-state index contributed by atoms with van der Waals surface area (Å²) in [6.45, 7) is 7.04. The van der Waals surface area contributed by atoms with Gasteiger partial charge in [-0.15, -0.1) is 0 Å². The number of morpholine rings is 1. The summed E-state index contributed by atoms with van der Waals surface area (Å²) in [7, 11) is 1.71. The lowest BCUT2D eigenvalue weighted by molar-refractivity contribution is -0.129. The minimum absolute atomic E-state index is 0.334. The molecule has 1 heterocycles. The van der Waals surface area contributed by atoms with Crippen LogP contribution in [0.25, 0.3) is 11.1 Å². The quantitative estimate of drug-likeness (QED) is 0.541. The summed E-state index contributed by atoms with van der Waals surface area (Å²) < 4.78 is 11.3. The van der Waals surface area contributed by atoms with Crippen LogP contribution in [0.4, 0.5) is 0 Å². The predicted molar refractivity (Wildman–Crippen MR) is 123 cm³/mol. The van der Waals surface area contributed by atoms with E-state index in [1.807, 2.05) is 18.2 Å². The lowest BCUT2D eigenvalue weighted by Gasteiger charge is -2.40. The summed E-state index contributed by atoms with van der Waals surface area (Å²) in [5, 5.41) is 16.1. The van der Waals surface area contributed by atoms with E-state index < -0.39 is 5.60 Å². The molecule has 164 valence electrons. The van der Waals surface area contributed by atoms with Gasteiger partial charge in [0.1, 0.15) is 11.7 Å². The highest BCUT2D eigenvalue weighted by Gasteiger charge is 2.41. The second-order valence-electron chi connectivity index (χ2n) is 8.38. The molecule has 0 spiro atoms. The SMILES string of the molecule is COCCCC[C@@](O)(c1cccc(Cl)c1-c1cccc(C(C)C)c1)[C@H]1CNCCO1. The van der Waals surface area contributed by atoms with Crippen molar-refractivity contribution >= 4 is 11.6 Å². The van der Waals surface area contributed by atoms with E-state index in [-0.39, 0.29) is 6.10 Å². The maximum Gasteiger partial charge on any atom is 0.118 e. The van der Waals surface area contributed by atoms with Gasteiger partial charge < -0.3 is 19.9 Å². The van der Waals surface area contributed by atoms with Gasteiger partial charge >= 0.3 is 0 Å². The zero-order valence-corrected chi connectivity index (χ0v) is 19.0. The minimum Gasteiger partial charge on any atom is -0.385 e. The molecule has 1 aliphatic heterocycles. The Balaban J connectivity index is 2.07. The largest absolute Gasteiger partial charge is 0.385 e. The molecule has 0 amide bonds. The van der Waals surface area contributed by atoms with E-state index in [9.17, 15) is 5.11 Å². The Morgan fingerprint density at radius 2 is 2.03 bits per heavy atom. The summed E-state index contributed by atoms with van der Waals surface area (Å²) in [5.41, 5.74) is 2.86.